The Morgan fingerprint density at radius 2 is 2.07 bits per heavy atom. The normalized spacial score (nSPS) is 11.9. The molecule has 0 saturated heterocycles. The van der Waals surface area contributed by atoms with Crippen LogP contribution in [0.25, 0.3) is 0 Å². The summed E-state index contributed by atoms with van der Waals surface area (Å²) in [6.45, 7) is 1.94. The molecule has 0 aliphatic carbocycles. The molecule has 0 unspecified atom stereocenters. The molecule has 0 aliphatic heterocycles. The Hall–Kier alpha value is -1.51. The average Bonchev–Trinajstić information content (AvgIpc) is 2.26. The maximum Gasteiger partial charge on any atom is 0.328 e. The van der Waals surface area contributed by atoms with Gasteiger partial charge in [0.05, 0.1) is 7.11 Å². The molecule has 3 heteroatoms. The fourth-order valence-corrected chi connectivity index (χ4v) is 1.21. The van der Waals surface area contributed by atoms with Crippen molar-refractivity contribution in [3.63, 3.8) is 0 Å². The number of anilines is 1. The van der Waals surface area contributed by atoms with Crippen molar-refractivity contribution in [1.29, 1.82) is 0 Å². The van der Waals surface area contributed by atoms with Crippen molar-refractivity contribution >= 4 is 11.7 Å². The second kappa shape index (κ2) is 5.27. The first kappa shape index (κ1) is 10.6. The Balaban J connectivity index is 2.62. The summed E-state index contributed by atoms with van der Waals surface area (Å²) in [6, 6.07) is 9.36. The van der Waals surface area contributed by atoms with E-state index >= 15 is 0 Å². The van der Waals surface area contributed by atoms with Crippen molar-refractivity contribution in [3.05, 3.63) is 30.3 Å². The number of hydrogen-bond donors (Lipinski definition) is 1. The molecule has 76 valence electrons. The molecule has 0 aliphatic rings. The molecule has 1 atom stereocenters. The van der Waals surface area contributed by atoms with Crippen molar-refractivity contribution in [2.75, 3.05) is 12.4 Å². The van der Waals surface area contributed by atoms with Gasteiger partial charge in [-0.25, -0.2) is 4.79 Å². The zero-order valence-electron chi connectivity index (χ0n) is 8.49. The summed E-state index contributed by atoms with van der Waals surface area (Å²) < 4.78 is 4.67. The number of para-hydroxylation sites is 1. The van der Waals surface area contributed by atoms with Crippen LogP contribution in [0.2, 0.25) is 0 Å². The van der Waals surface area contributed by atoms with E-state index in [0.717, 1.165) is 5.69 Å². The number of carbonyl (C=O) groups is 1. The van der Waals surface area contributed by atoms with E-state index in [4.69, 9.17) is 0 Å². The predicted molar refractivity (Wildman–Crippen MR) is 56.2 cm³/mol. The van der Waals surface area contributed by atoms with Crippen LogP contribution < -0.4 is 5.32 Å². The third-order valence-corrected chi connectivity index (χ3v) is 2.01. The first-order valence-corrected chi connectivity index (χ1v) is 4.67. The molecule has 1 rings (SSSR count). The van der Waals surface area contributed by atoms with Crippen molar-refractivity contribution in [1.82, 2.24) is 0 Å². The van der Waals surface area contributed by atoms with Gasteiger partial charge in [0.25, 0.3) is 0 Å². The third kappa shape index (κ3) is 2.76. The molecule has 0 heterocycles. The van der Waals surface area contributed by atoms with Crippen LogP contribution in [0, 0.1) is 0 Å². The molecule has 0 amide bonds. The number of ether oxygens (including phenoxy) is 1. The van der Waals surface area contributed by atoms with E-state index < -0.39 is 0 Å². The Labute approximate surface area is 84.1 Å². The fraction of sp³-hybridized carbons (Fsp3) is 0.364. The number of rotatable bonds is 4. The van der Waals surface area contributed by atoms with Crippen LogP contribution in [-0.4, -0.2) is 19.1 Å². The molecule has 14 heavy (non-hydrogen) atoms. The zero-order chi connectivity index (χ0) is 10.4. The van der Waals surface area contributed by atoms with Crippen LogP contribution in [0.5, 0.6) is 0 Å². The quantitative estimate of drug-likeness (QED) is 0.744. The third-order valence-electron chi connectivity index (χ3n) is 2.01. The van der Waals surface area contributed by atoms with E-state index in [1.807, 2.05) is 37.3 Å². The maximum absolute atomic E-state index is 11.3. The molecule has 0 saturated carbocycles. The maximum atomic E-state index is 11.3. The molecule has 1 aromatic carbocycles. The fourth-order valence-electron chi connectivity index (χ4n) is 1.21. The zero-order valence-corrected chi connectivity index (χ0v) is 8.49. The summed E-state index contributed by atoms with van der Waals surface area (Å²) >= 11 is 0. The van der Waals surface area contributed by atoms with E-state index in [2.05, 4.69) is 10.1 Å². The smallest absolute Gasteiger partial charge is 0.328 e. The topological polar surface area (TPSA) is 38.3 Å². The van der Waals surface area contributed by atoms with Crippen LogP contribution in [0.15, 0.2) is 30.3 Å². The van der Waals surface area contributed by atoms with Gasteiger partial charge in [-0.1, -0.05) is 25.1 Å². The lowest BCUT2D eigenvalue weighted by Gasteiger charge is -2.15. The summed E-state index contributed by atoms with van der Waals surface area (Å²) in [4.78, 5) is 11.3. The first-order valence-electron chi connectivity index (χ1n) is 4.67. The molecule has 1 aromatic rings. The summed E-state index contributed by atoms with van der Waals surface area (Å²) in [7, 11) is 1.40. The highest BCUT2D eigenvalue weighted by Crippen LogP contribution is 2.09. The van der Waals surface area contributed by atoms with Gasteiger partial charge in [-0.2, -0.15) is 0 Å². The van der Waals surface area contributed by atoms with Gasteiger partial charge in [0.15, 0.2) is 0 Å². The molecule has 3 nitrogen and oxygen atoms in total. The van der Waals surface area contributed by atoms with E-state index in [1.54, 1.807) is 0 Å². The van der Waals surface area contributed by atoms with Crippen LogP contribution in [0.3, 0.4) is 0 Å². The monoisotopic (exact) mass is 193 g/mol. The van der Waals surface area contributed by atoms with E-state index in [0.29, 0.717) is 6.42 Å². The van der Waals surface area contributed by atoms with Crippen LogP contribution in [0.4, 0.5) is 5.69 Å². The lowest BCUT2D eigenvalue weighted by molar-refractivity contribution is -0.141. The largest absolute Gasteiger partial charge is 0.467 e. The van der Waals surface area contributed by atoms with Gasteiger partial charge in [-0.3, -0.25) is 0 Å². The minimum absolute atomic E-state index is 0.226. The van der Waals surface area contributed by atoms with Gasteiger partial charge >= 0.3 is 5.97 Å². The molecule has 1 N–H and O–H groups in total. The highest BCUT2D eigenvalue weighted by atomic mass is 16.5. The van der Waals surface area contributed by atoms with Crippen LogP contribution in [-0.2, 0) is 9.53 Å². The van der Waals surface area contributed by atoms with Crippen molar-refractivity contribution in [3.8, 4) is 0 Å². The predicted octanol–water partition coefficient (Wildman–Crippen LogP) is 2.05. The Bertz CT molecular complexity index is 285. The lowest BCUT2D eigenvalue weighted by atomic mass is 10.2. The SMILES string of the molecule is CC[C@@H](Nc1ccccc1)C(=O)OC. The summed E-state index contributed by atoms with van der Waals surface area (Å²) in [5.74, 6) is -0.226. The van der Waals surface area contributed by atoms with Crippen molar-refractivity contribution in [2.24, 2.45) is 0 Å². The Morgan fingerprint density at radius 3 is 2.57 bits per heavy atom. The van der Waals surface area contributed by atoms with Gasteiger partial charge < -0.3 is 10.1 Å². The van der Waals surface area contributed by atoms with E-state index in [9.17, 15) is 4.79 Å². The molecule has 0 spiro atoms. The van der Waals surface area contributed by atoms with Crippen LogP contribution >= 0.6 is 0 Å². The Morgan fingerprint density at radius 1 is 1.43 bits per heavy atom. The minimum Gasteiger partial charge on any atom is -0.467 e. The van der Waals surface area contributed by atoms with Crippen molar-refractivity contribution < 1.29 is 9.53 Å². The lowest BCUT2D eigenvalue weighted by Crippen LogP contribution is -2.29. The number of esters is 1. The number of hydrogen-bond acceptors (Lipinski definition) is 3. The van der Waals surface area contributed by atoms with Gasteiger partial charge in [-0.05, 0) is 18.6 Å². The van der Waals surface area contributed by atoms with E-state index in [1.165, 1.54) is 7.11 Å². The first-order chi connectivity index (χ1) is 6.77. The molecular formula is C11H15NO2. The highest BCUT2D eigenvalue weighted by Gasteiger charge is 2.15. The second-order valence-corrected chi connectivity index (χ2v) is 2.99. The summed E-state index contributed by atoms with van der Waals surface area (Å²) in [6.07, 6.45) is 0.710. The Kier molecular flexibility index (Phi) is 3.98. The number of benzene rings is 1. The molecule has 0 bridgehead atoms. The standard InChI is InChI=1S/C11H15NO2/c1-3-10(11(13)14-2)12-9-7-5-4-6-8-9/h4-8,10,12H,3H2,1-2H3/t10-/m1/s1. The van der Waals surface area contributed by atoms with Gasteiger partial charge in [0.1, 0.15) is 6.04 Å². The van der Waals surface area contributed by atoms with Crippen LogP contribution in [0.1, 0.15) is 13.3 Å². The van der Waals surface area contributed by atoms with Crippen molar-refractivity contribution in [2.45, 2.75) is 19.4 Å². The highest BCUT2D eigenvalue weighted by molar-refractivity contribution is 5.79. The van der Waals surface area contributed by atoms with Gasteiger partial charge in [0, 0.05) is 5.69 Å². The number of methoxy groups -OCH3 is 1. The number of carbonyl (C=O) groups excluding carboxylic acids is 1. The average molecular weight is 193 g/mol. The molecule has 0 fully saturated rings. The summed E-state index contributed by atoms with van der Waals surface area (Å²) in [5.41, 5.74) is 0.935. The molecule has 0 aromatic heterocycles. The second-order valence-electron chi connectivity index (χ2n) is 2.99. The molecular weight excluding hydrogens is 178 g/mol. The summed E-state index contributed by atoms with van der Waals surface area (Å²) in [5, 5.41) is 3.10. The van der Waals surface area contributed by atoms with Gasteiger partial charge in [0.2, 0.25) is 0 Å². The molecule has 0 radical (unpaired) electrons. The van der Waals surface area contributed by atoms with Gasteiger partial charge in [-0.15, -0.1) is 0 Å². The number of nitrogens with one attached hydrogen (secondary N) is 1. The minimum atomic E-state index is -0.262. The van der Waals surface area contributed by atoms with E-state index in [-0.39, 0.29) is 12.0 Å².